The van der Waals surface area contributed by atoms with Gasteiger partial charge in [-0.25, -0.2) is 4.79 Å². The van der Waals surface area contributed by atoms with E-state index in [1.54, 1.807) is 0 Å². The Morgan fingerprint density at radius 2 is 1.80 bits per heavy atom. The Hall–Kier alpha value is -2.25. The summed E-state index contributed by atoms with van der Waals surface area (Å²) in [5.74, 6) is -2.51. The SMILES string of the molecule is Cc1cc(O)c(O)c(O)c1C(=O)O[C@@H]1C[C@@]2(C)C1=C(CO)[C@@H](O)C1CC(C)(C)CC12. The first-order chi connectivity index (χ1) is 13.9. The summed E-state index contributed by atoms with van der Waals surface area (Å²) in [6, 6.07) is 1.19. The zero-order valence-corrected chi connectivity index (χ0v) is 17.8. The van der Waals surface area contributed by atoms with Gasteiger partial charge in [0.15, 0.2) is 11.5 Å². The van der Waals surface area contributed by atoms with Crippen LogP contribution in [0.15, 0.2) is 17.2 Å². The minimum absolute atomic E-state index is 0.0767. The third-order valence-electron chi connectivity index (χ3n) is 7.63. The van der Waals surface area contributed by atoms with Crippen molar-refractivity contribution in [3.63, 3.8) is 0 Å². The number of hydrogen-bond acceptors (Lipinski definition) is 7. The van der Waals surface area contributed by atoms with Gasteiger partial charge in [0.25, 0.3) is 0 Å². The van der Waals surface area contributed by atoms with Crippen molar-refractivity contribution in [3.8, 4) is 17.2 Å². The van der Waals surface area contributed by atoms with Crippen LogP contribution in [0.3, 0.4) is 0 Å². The summed E-state index contributed by atoms with van der Waals surface area (Å²) in [4.78, 5) is 12.8. The number of rotatable bonds is 3. The van der Waals surface area contributed by atoms with Crippen LogP contribution in [0.4, 0.5) is 0 Å². The predicted octanol–water partition coefficient (Wildman–Crippen LogP) is 2.76. The van der Waals surface area contributed by atoms with E-state index >= 15 is 0 Å². The second-order valence-corrected chi connectivity index (χ2v) is 10.2. The van der Waals surface area contributed by atoms with Crippen LogP contribution in [0, 0.1) is 29.6 Å². The number of aliphatic hydroxyl groups excluding tert-OH is 2. The number of esters is 1. The first-order valence-corrected chi connectivity index (χ1v) is 10.4. The van der Waals surface area contributed by atoms with Gasteiger partial charge in [0.2, 0.25) is 5.75 Å². The molecule has 30 heavy (non-hydrogen) atoms. The zero-order chi connectivity index (χ0) is 22.2. The van der Waals surface area contributed by atoms with Gasteiger partial charge in [0.05, 0.1) is 12.7 Å². The van der Waals surface area contributed by atoms with Gasteiger partial charge in [-0.2, -0.15) is 0 Å². The highest BCUT2D eigenvalue weighted by atomic mass is 16.5. The highest BCUT2D eigenvalue weighted by molar-refractivity contribution is 5.96. The van der Waals surface area contributed by atoms with Crippen molar-refractivity contribution in [1.29, 1.82) is 0 Å². The highest BCUT2D eigenvalue weighted by Crippen LogP contribution is 2.66. The number of carbonyl (C=O) groups excluding carboxylic acids is 1. The maximum Gasteiger partial charge on any atom is 0.342 e. The summed E-state index contributed by atoms with van der Waals surface area (Å²) >= 11 is 0. The van der Waals surface area contributed by atoms with E-state index in [1.165, 1.54) is 13.0 Å². The molecule has 164 valence electrons. The molecular weight excluding hydrogens is 388 g/mol. The number of phenols is 3. The average Bonchev–Trinajstić information content (AvgIpc) is 2.98. The van der Waals surface area contributed by atoms with Crippen molar-refractivity contribution in [2.75, 3.05) is 6.61 Å². The molecule has 0 spiro atoms. The van der Waals surface area contributed by atoms with E-state index in [-0.39, 0.29) is 40.4 Å². The molecule has 4 rings (SSSR count). The third-order valence-corrected chi connectivity index (χ3v) is 7.63. The number of aromatic hydroxyl groups is 3. The van der Waals surface area contributed by atoms with E-state index in [0.29, 0.717) is 12.0 Å². The van der Waals surface area contributed by atoms with Gasteiger partial charge in [0.1, 0.15) is 11.7 Å². The molecule has 1 aromatic rings. The van der Waals surface area contributed by atoms with E-state index in [4.69, 9.17) is 4.74 Å². The number of carbonyl (C=O) groups is 1. The molecule has 7 heteroatoms. The number of aliphatic hydroxyl groups is 2. The topological polar surface area (TPSA) is 127 Å². The number of hydrogen-bond donors (Lipinski definition) is 5. The molecule has 0 aromatic heterocycles. The molecule has 0 aliphatic heterocycles. The normalized spacial score (nSPS) is 34.2. The molecule has 0 heterocycles. The number of benzene rings is 1. The minimum Gasteiger partial charge on any atom is -0.504 e. The monoisotopic (exact) mass is 418 g/mol. The summed E-state index contributed by atoms with van der Waals surface area (Å²) in [5.41, 5.74) is 1.23. The molecule has 0 bridgehead atoms. The van der Waals surface area contributed by atoms with Crippen LogP contribution in [-0.4, -0.2) is 50.3 Å². The smallest absolute Gasteiger partial charge is 0.342 e. The molecular formula is C23H30O7. The van der Waals surface area contributed by atoms with Gasteiger partial charge in [-0.15, -0.1) is 0 Å². The van der Waals surface area contributed by atoms with Crippen LogP contribution in [0.5, 0.6) is 17.2 Å². The van der Waals surface area contributed by atoms with Crippen molar-refractivity contribution < 1.29 is 35.1 Å². The van der Waals surface area contributed by atoms with Gasteiger partial charge in [-0.05, 0) is 71.6 Å². The summed E-state index contributed by atoms with van der Waals surface area (Å²) in [6.07, 6.45) is 1.04. The average molecular weight is 418 g/mol. The van der Waals surface area contributed by atoms with E-state index in [1.807, 2.05) is 0 Å². The number of phenolic OH excluding ortho intramolecular Hbond substituents is 3. The van der Waals surface area contributed by atoms with Crippen LogP contribution in [0.1, 0.15) is 56.0 Å². The maximum atomic E-state index is 12.8. The lowest BCUT2D eigenvalue weighted by atomic mass is 9.49. The zero-order valence-electron chi connectivity index (χ0n) is 17.8. The van der Waals surface area contributed by atoms with Crippen LogP contribution in [0.2, 0.25) is 0 Å². The molecule has 0 amide bonds. The molecule has 3 aliphatic rings. The van der Waals surface area contributed by atoms with E-state index in [9.17, 15) is 30.3 Å². The molecule has 0 saturated heterocycles. The predicted molar refractivity (Wildman–Crippen MR) is 108 cm³/mol. The Labute approximate surface area is 175 Å². The summed E-state index contributed by atoms with van der Waals surface area (Å²) in [7, 11) is 0. The largest absolute Gasteiger partial charge is 0.504 e. The van der Waals surface area contributed by atoms with Crippen molar-refractivity contribution in [1.82, 2.24) is 0 Å². The molecule has 2 fully saturated rings. The Bertz CT molecular complexity index is 947. The Morgan fingerprint density at radius 3 is 2.43 bits per heavy atom. The maximum absolute atomic E-state index is 12.8. The van der Waals surface area contributed by atoms with E-state index < -0.39 is 35.4 Å². The van der Waals surface area contributed by atoms with E-state index in [0.717, 1.165) is 18.4 Å². The molecule has 2 unspecified atom stereocenters. The fourth-order valence-corrected chi connectivity index (χ4v) is 6.31. The number of ether oxygens (including phenoxy) is 1. The molecule has 1 aromatic carbocycles. The van der Waals surface area contributed by atoms with Crippen molar-refractivity contribution in [3.05, 3.63) is 28.3 Å². The lowest BCUT2D eigenvalue weighted by Gasteiger charge is -2.57. The van der Waals surface area contributed by atoms with Gasteiger partial charge >= 0.3 is 5.97 Å². The first kappa shape index (κ1) is 21.0. The van der Waals surface area contributed by atoms with Gasteiger partial charge in [0, 0.05) is 0 Å². The first-order valence-electron chi connectivity index (χ1n) is 10.4. The van der Waals surface area contributed by atoms with Crippen LogP contribution in [0.25, 0.3) is 0 Å². The second kappa shape index (κ2) is 6.62. The lowest BCUT2D eigenvalue weighted by molar-refractivity contribution is -0.0572. The van der Waals surface area contributed by atoms with Crippen molar-refractivity contribution >= 4 is 5.97 Å². The molecule has 7 nitrogen and oxygen atoms in total. The van der Waals surface area contributed by atoms with Gasteiger partial charge in [-0.3, -0.25) is 0 Å². The minimum atomic E-state index is -0.819. The highest BCUT2D eigenvalue weighted by Gasteiger charge is 2.63. The Balaban J connectivity index is 1.66. The molecule has 2 saturated carbocycles. The molecule has 5 N–H and O–H groups in total. The molecule has 0 radical (unpaired) electrons. The Morgan fingerprint density at radius 1 is 1.13 bits per heavy atom. The number of aryl methyl sites for hydroxylation is 1. The molecule has 3 aliphatic carbocycles. The van der Waals surface area contributed by atoms with Crippen LogP contribution >= 0.6 is 0 Å². The fourth-order valence-electron chi connectivity index (χ4n) is 6.31. The van der Waals surface area contributed by atoms with Crippen molar-refractivity contribution in [2.24, 2.45) is 22.7 Å². The van der Waals surface area contributed by atoms with Crippen molar-refractivity contribution in [2.45, 2.75) is 59.2 Å². The van der Waals surface area contributed by atoms with Gasteiger partial charge in [-0.1, -0.05) is 20.8 Å². The quantitative estimate of drug-likeness (QED) is 0.290. The number of fused-ring (bicyclic) bond motifs is 3. The lowest BCUT2D eigenvalue weighted by Crippen LogP contribution is -2.56. The van der Waals surface area contributed by atoms with Crippen LogP contribution in [-0.2, 0) is 4.74 Å². The fraction of sp³-hybridized carbons (Fsp3) is 0.609. The van der Waals surface area contributed by atoms with Crippen LogP contribution < -0.4 is 0 Å². The summed E-state index contributed by atoms with van der Waals surface area (Å²) < 4.78 is 5.67. The van der Waals surface area contributed by atoms with Gasteiger partial charge < -0.3 is 30.3 Å². The molecule has 5 atom stereocenters. The summed E-state index contributed by atoms with van der Waals surface area (Å²) in [6.45, 7) is 7.72. The summed E-state index contributed by atoms with van der Waals surface area (Å²) in [5, 5.41) is 50.5. The third kappa shape index (κ3) is 2.82. The second-order valence-electron chi connectivity index (χ2n) is 10.2. The standard InChI is InChI=1S/C23H30O7/c1-10-5-14(25)19(27)20(28)16(10)21(29)30-15-8-23(4)13-7-22(2,3)6-11(13)18(26)12(9-24)17(15)23/h5,11,13,15,18,24-28H,6-9H2,1-4H3/t11?,13?,15-,18+,23-/m1/s1. The van der Waals surface area contributed by atoms with E-state index in [2.05, 4.69) is 20.8 Å². The Kier molecular flexibility index (Phi) is 4.64.